The Hall–Kier alpha value is -6.50. The monoisotopic (exact) mass is 744 g/mol. The molecule has 0 saturated carbocycles. The molecule has 1 aromatic heterocycles. The van der Waals surface area contributed by atoms with Crippen LogP contribution in [-0.4, -0.2) is 84.0 Å². The minimum absolute atomic E-state index is 0.0242. The number of aliphatic hydroxyl groups is 3. The van der Waals surface area contributed by atoms with Crippen LogP contribution in [-0.2, 0) is 9.59 Å². The number of anilines is 1. The Balaban J connectivity index is 0.000000250. The first kappa shape index (κ1) is 42.7. The van der Waals surface area contributed by atoms with Crippen LogP contribution in [0.3, 0.4) is 0 Å². The lowest BCUT2D eigenvalue weighted by Crippen LogP contribution is -2.17. The van der Waals surface area contributed by atoms with Gasteiger partial charge in [0, 0.05) is 23.6 Å². The van der Waals surface area contributed by atoms with Crippen molar-refractivity contribution in [3.05, 3.63) is 153 Å². The van der Waals surface area contributed by atoms with Gasteiger partial charge in [-0.3, -0.25) is 14.6 Å². The minimum Gasteiger partial charge on any atom is -0.479 e. The van der Waals surface area contributed by atoms with Crippen LogP contribution in [0, 0.1) is 23.3 Å². The summed E-state index contributed by atoms with van der Waals surface area (Å²) < 4.78 is 49.7. The number of nitrogens with one attached hydrogen (secondary N) is 3. The summed E-state index contributed by atoms with van der Waals surface area (Å²) in [7, 11) is 0. The second-order valence-corrected chi connectivity index (χ2v) is 10.4. The van der Waals surface area contributed by atoms with Crippen LogP contribution in [0.1, 0.15) is 43.9 Å². The van der Waals surface area contributed by atoms with Gasteiger partial charge in [0.1, 0.15) is 29.9 Å². The van der Waals surface area contributed by atoms with Gasteiger partial charge in [-0.2, -0.15) is 0 Å². The molecule has 0 fully saturated rings. The zero-order chi connectivity index (χ0) is 39.5. The Labute approximate surface area is 297 Å². The lowest BCUT2D eigenvalue weighted by Gasteiger charge is -2.14. The van der Waals surface area contributed by atoms with Gasteiger partial charge in [0.15, 0.2) is 11.9 Å². The van der Waals surface area contributed by atoms with Crippen LogP contribution in [0.15, 0.2) is 102 Å². The Morgan fingerprint density at radius 1 is 0.679 bits per heavy atom. The number of halogens is 4. The average molecular weight is 745 g/mol. The van der Waals surface area contributed by atoms with E-state index in [0.29, 0.717) is 18.1 Å². The lowest BCUT2D eigenvalue weighted by atomic mass is 10.00. The fourth-order valence-electron chi connectivity index (χ4n) is 3.84. The van der Waals surface area contributed by atoms with Crippen molar-refractivity contribution >= 4 is 29.5 Å². The van der Waals surface area contributed by atoms with Crippen molar-refractivity contribution in [2.24, 2.45) is 0 Å². The molecule has 0 aliphatic heterocycles. The molecule has 8 N–H and O–H groups in total. The van der Waals surface area contributed by atoms with E-state index in [2.05, 4.69) is 20.5 Å². The van der Waals surface area contributed by atoms with Crippen LogP contribution in [0.4, 0.5) is 23.5 Å². The molecule has 0 aliphatic rings. The van der Waals surface area contributed by atoms with E-state index in [9.17, 15) is 46.6 Å². The molecule has 53 heavy (non-hydrogen) atoms. The Morgan fingerprint density at radius 2 is 1.11 bits per heavy atom. The van der Waals surface area contributed by atoms with E-state index in [0.717, 1.165) is 42.0 Å². The summed E-state index contributed by atoms with van der Waals surface area (Å²) in [5, 5.41) is 52.1. The molecule has 5 rings (SSSR count). The quantitative estimate of drug-likeness (QED) is 0.0551. The average Bonchev–Trinajstić information content (AvgIpc) is 3.58. The number of rotatable bonds is 11. The standard InChI is InChI=1S/C11H13FN4O2.C8H7FO3.C8H5FO3.C8H7FO2/c12-9-3-1-7(2-4-9)8(6-17)5-13-10-14-11(18)16-15-10;2*9-6-3-1-5(2-4-6)7(10)8(11)12;9-7-3-1-6(2-4-7)8(11)5-10/h1-4,8,17H,5-6H2,(H3,13,14,15,16,18);1-4,7,10H,(H,11,12);1-4H,(H,11,12);1-4,10H,5H2. The third-order valence-corrected chi connectivity index (χ3v) is 6.61. The largest absolute Gasteiger partial charge is 0.479 e. The third-order valence-electron chi connectivity index (χ3n) is 6.61. The number of hydrogen-bond donors (Lipinski definition) is 8. The van der Waals surface area contributed by atoms with E-state index in [-0.39, 0.29) is 35.3 Å². The molecule has 14 nitrogen and oxygen atoms in total. The van der Waals surface area contributed by atoms with Gasteiger partial charge in [-0.15, -0.1) is 5.10 Å². The van der Waals surface area contributed by atoms with E-state index < -0.39 is 53.5 Å². The molecule has 18 heteroatoms. The second-order valence-electron chi connectivity index (χ2n) is 10.4. The number of aromatic amines is 2. The van der Waals surface area contributed by atoms with Gasteiger partial charge in [-0.1, -0.05) is 24.3 Å². The smallest absolute Gasteiger partial charge is 0.377 e. The predicted molar refractivity (Wildman–Crippen MR) is 179 cm³/mol. The van der Waals surface area contributed by atoms with E-state index in [1.165, 1.54) is 48.5 Å². The number of hydrogen-bond acceptors (Lipinski definition) is 10. The summed E-state index contributed by atoms with van der Waals surface area (Å²) >= 11 is 0. The first-order chi connectivity index (χ1) is 25.1. The number of ketones is 2. The molecule has 0 aliphatic carbocycles. The topological polar surface area (TPSA) is 243 Å². The number of carbonyl (C=O) groups is 4. The molecule has 0 spiro atoms. The highest BCUT2D eigenvalue weighted by atomic mass is 19.1. The molecule has 2 atom stereocenters. The number of carbonyl (C=O) groups excluding carboxylic acids is 2. The van der Waals surface area contributed by atoms with Gasteiger partial charge in [-0.05, 0) is 83.9 Å². The SMILES string of the molecule is O=C(CO)c1ccc(F)cc1.O=C(O)C(=O)c1ccc(F)cc1.O=C(O)C(O)c1ccc(F)cc1.O=c1[nH]nc(NCC(CO)c2ccc(F)cc2)[nH]1. The zero-order valence-corrected chi connectivity index (χ0v) is 27.3. The maximum Gasteiger partial charge on any atom is 0.377 e. The Bertz CT molecular complexity index is 1970. The van der Waals surface area contributed by atoms with Crippen LogP contribution < -0.4 is 11.0 Å². The summed E-state index contributed by atoms with van der Waals surface area (Å²) in [6.07, 6.45) is -1.58. The minimum atomic E-state index is -1.58. The van der Waals surface area contributed by atoms with Crippen LogP contribution in [0.2, 0.25) is 0 Å². The maximum absolute atomic E-state index is 12.8. The summed E-state index contributed by atoms with van der Waals surface area (Å²) in [4.78, 5) is 55.1. The Morgan fingerprint density at radius 3 is 1.49 bits per heavy atom. The first-order valence-corrected chi connectivity index (χ1v) is 15.0. The van der Waals surface area contributed by atoms with Crippen molar-refractivity contribution in [2.45, 2.75) is 12.0 Å². The third kappa shape index (κ3) is 15.1. The number of carboxylic acids is 2. The van der Waals surface area contributed by atoms with Crippen LogP contribution in [0.5, 0.6) is 0 Å². The summed E-state index contributed by atoms with van der Waals surface area (Å²) in [6, 6.07) is 20.0. The fourth-order valence-corrected chi connectivity index (χ4v) is 3.84. The number of nitrogens with zero attached hydrogens (tertiary/aromatic N) is 1. The summed E-state index contributed by atoms with van der Waals surface area (Å²) in [5.74, 6) is -5.89. The van der Waals surface area contributed by atoms with Crippen molar-refractivity contribution in [1.29, 1.82) is 0 Å². The number of aromatic nitrogens is 3. The Kier molecular flexibility index (Phi) is 17.4. The van der Waals surface area contributed by atoms with Gasteiger partial charge in [0.2, 0.25) is 5.95 Å². The first-order valence-electron chi connectivity index (χ1n) is 15.0. The molecule has 4 aromatic carbocycles. The fraction of sp³-hybridized carbons (Fsp3) is 0.143. The summed E-state index contributed by atoms with van der Waals surface area (Å²) in [6.45, 7) is -0.248. The highest BCUT2D eigenvalue weighted by molar-refractivity contribution is 6.39. The second kappa shape index (κ2) is 21.7. The molecular weight excluding hydrogens is 712 g/mol. The number of benzene rings is 4. The zero-order valence-electron chi connectivity index (χ0n) is 27.3. The van der Waals surface area contributed by atoms with Crippen LogP contribution >= 0.6 is 0 Å². The van der Waals surface area contributed by atoms with Crippen molar-refractivity contribution in [2.75, 3.05) is 25.1 Å². The van der Waals surface area contributed by atoms with Gasteiger partial charge in [-0.25, -0.2) is 37.0 Å². The molecular formula is C35H32F4N4O10. The van der Waals surface area contributed by atoms with Crippen molar-refractivity contribution < 1.29 is 62.3 Å². The number of aliphatic hydroxyl groups excluding tert-OH is 3. The lowest BCUT2D eigenvalue weighted by molar-refractivity contribution is -0.147. The van der Waals surface area contributed by atoms with E-state index in [1.807, 2.05) is 0 Å². The molecule has 0 radical (unpaired) electrons. The molecule has 1 heterocycles. The van der Waals surface area contributed by atoms with E-state index >= 15 is 0 Å². The molecule has 0 amide bonds. The number of carboxylic acid groups (broad SMARTS) is 2. The van der Waals surface area contributed by atoms with Gasteiger partial charge in [0.05, 0.1) is 6.61 Å². The summed E-state index contributed by atoms with van der Waals surface area (Å²) in [5.41, 5.74) is 0.880. The molecule has 0 bridgehead atoms. The normalized spacial score (nSPS) is 11.2. The highest BCUT2D eigenvalue weighted by Gasteiger charge is 2.15. The predicted octanol–water partition coefficient (Wildman–Crippen LogP) is 3.46. The molecule has 0 saturated heterocycles. The van der Waals surface area contributed by atoms with E-state index in [4.69, 9.17) is 20.4 Å². The van der Waals surface area contributed by atoms with Gasteiger partial charge < -0.3 is 30.8 Å². The van der Waals surface area contributed by atoms with Crippen molar-refractivity contribution in [3.63, 3.8) is 0 Å². The molecule has 5 aromatic rings. The van der Waals surface area contributed by atoms with Gasteiger partial charge >= 0.3 is 17.6 Å². The van der Waals surface area contributed by atoms with Crippen molar-refractivity contribution in [3.8, 4) is 0 Å². The number of H-pyrrole nitrogens is 2. The number of aliphatic carboxylic acids is 2. The highest BCUT2D eigenvalue weighted by Crippen LogP contribution is 2.16. The molecule has 280 valence electrons. The van der Waals surface area contributed by atoms with E-state index in [1.54, 1.807) is 12.1 Å². The number of Topliss-reactive ketones (excluding diaryl/α,β-unsaturated/α-hetero) is 2. The van der Waals surface area contributed by atoms with Gasteiger partial charge in [0.25, 0.3) is 5.78 Å². The van der Waals surface area contributed by atoms with Crippen molar-refractivity contribution in [1.82, 2.24) is 15.2 Å². The maximum atomic E-state index is 12.8. The van der Waals surface area contributed by atoms with Crippen LogP contribution in [0.25, 0.3) is 0 Å². The molecule has 2 unspecified atom stereocenters.